The molecule has 7 heteroatoms. The highest BCUT2D eigenvalue weighted by molar-refractivity contribution is 8.93. The van der Waals surface area contributed by atoms with Crippen molar-refractivity contribution in [3.05, 3.63) is 71.3 Å². The maximum Gasteiger partial charge on any atom is 0.234 e. The Balaban J connectivity index is 0.00000289. The third-order valence-corrected chi connectivity index (χ3v) is 6.07. The zero-order valence-electron chi connectivity index (χ0n) is 18.9. The molecule has 0 saturated carbocycles. The van der Waals surface area contributed by atoms with Crippen LogP contribution in [0.3, 0.4) is 0 Å². The van der Waals surface area contributed by atoms with Crippen molar-refractivity contribution in [3.8, 4) is 5.75 Å². The molecule has 2 heterocycles. The van der Waals surface area contributed by atoms with Crippen molar-refractivity contribution in [3.63, 3.8) is 0 Å². The smallest absolute Gasteiger partial charge is 0.234 e. The van der Waals surface area contributed by atoms with Gasteiger partial charge >= 0.3 is 0 Å². The fourth-order valence-corrected chi connectivity index (χ4v) is 4.31. The van der Waals surface area contributed by atoms with Crippen LogP contribution >= 0.6 is 17.0 Å². The van der Waals surface area contributed by atoms with E-state index in [0.717, 1.165) is 53.9 Å². The molecule has 0 saturated heterocycles. The molecule has 1 N–H and O–H groups in total. The van der Waals surface area contributed by atoms with Crippen molar-refractivity contribution in [2.45, 2.75) is 65.0 Å². The fourth-order valence-electron chi connectivity index (χ4n) is 4.31. The Morgan fingerprint density at radius 2 is 2.06 bits per heavy atom. The van der Waals surface area contributed by atoms with Gasteiger partial charge in [0.1, 0.15) is 5.75 Å². The molecule has 0 radical (unpaired) electrons. The van der Waals surface area contributed by atoms with Gasteiger partial charge in [0.25, 0.3) is 0 Å². The standard InChI is InChI=1S/C25H30N4O2.BrH/c1-4-28-15-18(13-27-28)16-29(19-11-12-23(17(2)3)26-14-19)25(31)22-9-5-8-21-20(22)7-6-10-24(21)30;/h6-7,10-15,17,22,30H,4-5,8-9,16H2,1-3H3;1H/t22-;/m0./s1. The van der Waals surface area contributed by atoms with E-state index < -0.39 is 0 Å². The number of aromatic nitrogens is 3. The van der Waals surface area contributed by atoms with Gasteiger partial charge in [-0.15, -0.1) is 17.0 Å². The lowest BCUT2D eigenvalue weighted by Crippen LogP contribution is -2.36. The van der Waals surface area contributed by atoms with Crippen LogP contribution in [0.4, 0.5) is 5.69 Å². The first-order chi connectivity index (χ1) is 15.0. The predicted octanol–water partition coefficient (Wildman–Crippen LogP) is 5.36. The minimum atomic E-state index is -0.276. The number of pyridine rings is 1. The molecular weight excluding hydrogens is 468 g/mol. The number of aromatic hydroxyl groups is 1. The normalized spacial score (nSPS) is 15.2. The van der Waals surface area contributed by atoms with Gasteiger partial charge in [-0.3, -0.25) is 14.5 Å². The zero-order valence-corrected chi connectivity index (χ0v) is 20.6. The van der Waals surface area contributed by atoms with Crippen LogP contribution in [-0.2, 0) is 24.3 Å². The summed E-state index contributed by atoms with van der Waals surface area (Å²) in [5.41, 5.74) is 4.61. The maximum absolute atomic E-state index is 13.9. The number of hydrogen-bond acceptors (Lipinski definition) is 4. The minimum absolute atomic E-state index is 0. The Kier molecular flexibility index (Phi) is 7.72. The van der Waals surface area contributed by atoms with Crippen LogP contribution in [0.2, 0.25) is 0 Å². The first kappa shape index (κ1) is 24.0. The number of fused-ring (bicyclic) bond motifs is 1. The number of halogens is 1. The topological polar surface area (TPSA) is 71.2 Å². The average Bonchev–Trinajstić information content (AvgIpc) is 3.25. The first-order valence-corrected chi connectivity index (χ1v) is 11.1. The van der Waals surface area contributed by atoms with Gasteiger partial charge in [0.15, 0.2) is 0 Å². The quantitative estimate of drug-likeness (QED) is 0.496. The third-order valence-electron chi connectivity index (χ3n) is 6.07. The van der Waals surface area contributed by atoms with Gasteiger partial charge in [0, 0.05) is 24.0 Å². The summed E-state index contributed by atoms with van der Waals surface area (Å²) in [6.45, 7) is 7.48. The van der Waals surface area contributed by atoms with E-state index in [1.807, 2.05) is 53.2 Å². The molecule has 1 amide bonds. The predicted molar refractivity (Wildman–Crippen MR) is 132 cm³/mol. The number of phenols is 1. The Hall–Kier alpha value is -2.67. The lowest BCUT2D eigenvalue weighted by Gasteiger charge is -2.31. The average molecular weight is 499 g/mol. The molecule has 0 aliphatic heterocycles. The van der Waals surface area contributed by atoms with Crippen molar-refractivity contribution in [2.24, 2.45) is 0 Å². The Labute approximate surface area is 200 Å². The minimum Gasteiger partial charge on any atom is -0.508 e. The number of benzene rings is 1. The molecule has 1 atom stereocenters. The summed E-state index contributed by atoms with van der Waals surface area (Å²) in [4.78, 5) is 20.3. The van der Waals surface area contributed by atoms with E-state index in [4.69, 9.17) is 0 Å². The summed E-state index contributed by atoms with van der Waals surface area (Å²) in [7, 11) is 0. The molecule has 170 valence electrons. The van der Waals surface area contributed by atoms with E-state index >= 15 is 0 Å². The van der Waals surface area contributed by atoms with Gasteiger partial charge in [0.05, 0.1) is 30.5 Å². The maximum atomic E-state index is 13.9. The number of anilines is 1. The number of aryl methyl sites for hydroxylation is 1. The monoisotopic (exact) mass is 498 g/mol. The molecular formula is C25H31BrN4O2. The Bertz CT molecular complexity index is 1060. The van der Waals surface area contributed by atoms with E-state index in [2.05, 4.69) is 23.9 Å². The molecule has 4 rings (SSSR count). The summed E-state index contributed by atoms with van der Waals surface area (Å²) in [6, 6.07) is 9.49. The first-order valence-electron chi connectivity index (χ1n) is 11.1. The highest BCUT2D eigenvalue weighted by atomic mass is 79.9. The lowest BCUT2D eigenvalue weighted by molar-refractivity contribution is -0.120. The van der Waals surface area contributed by atoms with Crippen LogP contribution in [-0.4, -0.2) is 25.8 Å². The second-order valence-electron chi connectivity index (χ2n) is 8.51. The molecule has 1 aromatic carbocycles. The molecule has 32 heavy (non-hydrogen) atoms. The van der Waals surface area contributed by atoms with Crippen molar-refractivity contribution in [1.29, 1.82) is 0 Å². The molecule has 0 fully saturated rings. The van der Waals surface area contributed by atoms with Crippen LogP contribution in [0, 0.1) is 0 Å². The zero-order chi connectivity index (χ0) is 22.0. The molecule has 2 aromatic heterocycles. The van der Waals surface area contributed by atoms with E-state index in [-0.39, 0.29) is 34.6 Å². The van der Waals surface area contributed by atoms with Gasteiger partial charge in [0.2, 0.25) is 5.91 Å². The van der Waals surface area contributed by atoms with Crippen LogP contribution in [0.1, 0.15) is 67.8 Å². The second-order valence-corrected chi connectivity index (χ2v) is 8.51. The van der Waals surface area contributed by atoms with Gasteiger partial charge < -0.3 is 10.0 Å². The van der Waals surface area contributed by atoms with Gasteiger partial charge in [-0.1, -0.05) is 26.0 Å². The van der Waals surface area contributed by atoms with Crippen molar-refractivity contribution in [2.75, 3.05) is 4.90 Å². The molecule has 0 bridgehead atoms. The number of amides is 1. The molecule has 6 nitrogen and oxygen atoms in total. The third kappa shape index (κ3) is 4.88. The molecule has 1 aliphatic rings. The number of carbonyl (C=O) groups is 1. The van der Waals surface area contributed by atoms with E-state index in [1.54, 1.807) is 12.3 Å². The van der Waals surface area contributed by atoms with Gasteiger partial charge in [-0.05, 0) is 61.4 Å². The summed E-state index contributed by atoms with van der Waals surface area (Å²) in [5, 5.41) is 14.7. The van der Waals surface area contributed by atoms with Gasteiger partial charge in [-0.2, -0.15) is 5.10 Å². The summed E-state index contributed by atoms with van der Waals surface area (Å²) in [5.74, 6) is 0.375. The summed E-state index contributed by atoms with van der Waals surface area (Å²) < 4.78 is 1.87. The van der Waals surface area contributed by atoms with Gasteiger partial charge in [-0.25, -0.2) is 0 Å². The summed E-state index contributed by atoms with van der Waals surface area (Å²) in [6.07, 6.45) is 8.06. The fraction of sp³-hybridized carbons (Fsp3) is 0.400. The number of rotatable bonds is 6. The Morgan fingerprint density at radius 1 is 1.25 bits per heavy atom. The number of hydrogen-bond donors (Lipinski definition) is 1. The number of carbonyl (C=O) groups excluding carboxylic acids is 1. The molecule has 0 spiro atoms. The Morgan fingerprint density at radius 3 is 2.72 bits per heavy atom. The number of phenolic OH excluding ortho intramolecular Hbond substituents is 1. The van der Waals surface area contributed by atoms with E-state index in [1.165, 1.54) is 0 Å². The second kappa shape index (κ2) is 10.3. The van der Waals surface area contributed by atoms with Crippen molar-refractivity contribution < 1.29 is 9.90 Å². The van der Waals surface area contributed by atoms with Crippen LogP contribution < -0.4 is 4.90 Å². The van der Waals surface area contributed by atoms with Crippen LogP contribution in [0.15, 0.2) is 48.9 Å². The van der Waals surface area contributed by atoms with E-state index in [9.17, 15) is 9.90 Å². The van der Waals surface area contributed by atoms with Crippen LogP contribution in [0.25, 0.3) is 0 Å². The lowest BCUT2D eigenvalue weighted by atomic mass is 9.81. The number of nitrogens with zero attached hydrogens (tertiary/aromatic N) is 4. The largest absolute Gasteiger partial charge is 0.508 e. The van der Waals surface area contributed by atoms with Crippen molar-refractivity contribution >= 4 is 28.6 Å². The van der Waals surface area contributed by atoms with Crippen LogP contribution in [0.5, 0.6) is 5.75 Å². The molecule has 3 aromatic rings. The highest BCUT2D eigenvalue weighted by Crippen LogP contribution is 2.38. The van der Waals surface area contributed by atoms with Crippen molar-refractivity contribution in [1.82, 2.24) is 14.8 Å². The molecule has 0 unspecified atom stereocenters. The highest BCUT2D eigenvalue weighted by Gasteiger charge is 2.32. The summed E-state index contributed by atoms with van der Waals surface area (Å²) >= 11 is 0. The SMILES string of the molecule is Br.CCn1cc(CN(C(=O)[C@H]2CCCc3c(O)cccc32)c2ccc(C(C)C)nc2)cn1. The molecule has 1 aliphatic carbocycles. The van der Waals surface area contributed by atoms with E-state index in [0.29, 0.717) is 12.5 Å².